The molecule has 0 radical (unpaired) electrons. The summed E-state index contributed by atoms with van der Waals surface area (Å²) in [4.78, 5) is 12.9. The molecule has 1 aromatic carbocycles. The molecule has 0 amide bonds. The number of nitrogens with zero attached hydrogens (tertiary/aromatic N) is 4. The summed E-state index contributed by atoms with van der Waals surface area (Å²) in [6, 6.07) is 16.3. The second kappa shape index (κ2) is 12.4. The molecule has 2 fully saturated rings. The lowest BCUT2D eigenvalue weighted by Gasteiger charge is -2.25. The Morgan fingerprint density at radius 3 is 2.46 bits per heavy atom. The Hall–Kier alpha value is -4.45. The number of pyridine rings is 3. The van der Waals surface area contributed by atoms with E-state index in [-0.39, 0.29) is 0 Å². The second-order valence-corrected chi connectivity index (χ2v) is 10.2. The number of fused-ring (bicyclic) bond motifs is 3. The summed E-state index contributed by atoms with van der Waals surface area (Å²) in [6.07, 6.45) is 11.6. The molecule has 0 atom stereocenters. The third-order valence-corrected chi connectivity index (χ3v) is 7.54. The lowest BCUT2D eigenvalue weighted by Crippen LogP contribution is -2.48. The van der Waals surface area contributed by atoms with E-state index in [1.54, 1.807) is 13.3 Å². The third-order valence-electron chi connectivity index (χ3n) is 7.54. The molecule has 1 saturated heterocycles. The first kappa shape index (κ1) is 26.8. The van der Waals surface area contributed by atoms with Gasteiger partial charge in [0, 0.05) is 66.6 Å². The van der Waals surface area contributed by atoms with Gasteiger partial charge >= 0.3 is 0 Å². The zero-order valence-electron chi connectivity index (χ0n) is 23.3. The number of hydrogen-bond acceptors (Lipinski definition) is 7. The molecular formula is C33H33N5O3. The predicted molar refractivity (Wildman–Crippen MR) is 160 cm³/mol. The van der Waals surface area contributed by atoms with E-state index in [1.807, 2.05) is 36.8 Å². The van der Waals surface area contributed by atoms with E-state index in [0.717, 1.165) is 54.4 Å². The maximum absolute atomic E-state index is 5.85. The van der Waals surface area contributed by atoms with Crippen molar-refractivity contribution in [2.75, 3.05) is 26.8 Å². The Morgan fingerprint density at radius 1 is 0.902 bits per heavy atom. The maximum Gasteiger partial charge on any atom is 0.213 e. The smallest absolute Gasteiger partial charge is 0.213 e. The summed E-state index contributed by atoms with van der Waals surface area (Å²) in [7, 11) is 3.71. The van der Waals surface area contributed by atoms with Crippen LogP contribution < -0.4 is 14.8 Å². The van der Waals surface area contributed by atoms with Crippen molar-refractivity contribution in [2.45, 2.75) is 31.5 Å². The Bertz CT molecular complexity index is 1680. The van der Waals surface area contributed by atoms with Crippen molar-refractivity contribution in [3.63, 3.8) is 0 Å². The van der Waals surface area contributed by atoms with Crippen LogP contribution in [0.15, 0.2) is 73.3 Å². The fourth-order valence-corrected chi connectivity index (χ4v) is 4.75. The molecule has 0 spiro atoms. The van der Waals surface area contributed by atoms with Crippen LogP contribution in [0.25, 0.3) is 32.9 Å². The summed E-state index contributed by atoms with van der Waals surface area (Å²) in [5.74, 6) is 7.34. The van der Waals surface area contributed by atoms with Crippen molar-refractivity contribution in [1.29, 1.82) is 0 Å². The average molecular weight is 548 g/mol. The molecule has 8 nitrogen and oxygen atoms in total. The highest BCUT2D eigenvalue weighted by molar-refractivity contribution is 6.08. The van der Waals surface area contributed by atoms with Crippen LogP contribution in [0.5, 0.6) is 11.6 Å². The summed E-state index contributed by atoms with van der Waals surface area (Å²) in [5.41, 5.74) is 5.40. The molecule has 1 saturated carbocycles. The Morgan fingerprint density at radius 2 is 1.78 bits per heavy atom. The van der Waals surface area contributed by atoms with Gasteiger partial charge in [0.1, 0.15) is 24.2 Å². The summed E-state index contributed by atoms with van der Waals surface area (Å²) in [6.45, 7) is 2.32. The number of hydrogen-bond donors (Lipinski definition) is 1. The van der Waals surface area contributed by atoms with Crippen LogP contribution in [0.4, 0.5) is 0 Å². The molecule has 5 aromatic rings. The van der Waals surface area contributed by atoms with Gasteiger partial charge in [-0.2, -0.15) is 0 Å². The lowest BCUT2D eigenvalue weighted by molar-refractivity contribution is 0.0394. The largest absolute Gasteiger partial charge is 0.495 e. The van der Waals surface area contributed by atoms with Crippen LogP contribution >= 0.6 is 0 Å². The van der Waals surface area contributed by atoms with Gasteiger partial charge in [-0.1, -0.05) is 18.1 Å². The molecule has 7 rings (SSSR count). The highest BCUT2D eigenvalue weighted by atomic mass is 16.5. The van der Waals surface area contributed by atoms with Gasteiger partial charge in [-0.15, -0.1) is 0 Å². The van der Waals surface area contributed by atoms with Crippen LogP contribution in [-0.4, -0.2) is 58.5 Å². The molecule has 0 unspecified atom stereocenters. The van der Waals surface area contributed by atoms with E-state index < -0.39 is 0 Å². The molecule has 41 heavy (non-hydrogen) atoms. The molecule has 8 heteroatoms. The number of methoxy groups -OCH3 is 1. The number of rotatable bonds is 6. The van der Waals surface area contributed by atoms with Crippen LogP contribution in [0.3, 0.4) is 0 Å². The Kier molecular flexibility index (Phi) is 8.08. The fraction of sp³-hybridized carbons (Fsp3) is 0.303. The number of aryl methyl sites for hydroxylation is 1. The van der Waals surface area contributed by atoms with Crippen molar-refractivity contribution in [2.24, 2.45) is 7.05 Å². The van der Waals surface area contributed by atoms with E-state index in [2.05, 4.69) is 74.1 Å². The van der Waals surface area contributed by atoms with Crippen molar-refractivity contribution in [3.05, 3.63) is 79.0 Å². The number of aromatic nitrogens is 4. The lowest BCUT2D eigenvalue weighted by atomic mass is 9.96. The second-order valence-electron chi connectivity index (χ2n) is 10.2. The molecule has 1 aliphatic heterocycles. The zero-order valence-corrected chi connectivity index (χ0v) is 23.3. The molecule has 1 aliphatic carbocycles. The fourth-order valence-electron chi connectivity index (χ4n) is 4.75. The number of nitrogens with one attached hydrogen (secondary N) is 1. The van der Waals surface area contributed by atoms with Crippen molar-refractivity contribution < 1.29 is 14.2 Å². The van der Waals surface area contributed by atoms with Gasteiger partial charge < -0.3 is 24.1 Å². The van der Waals surface area contributed by atoms with E-state index >= 15 is 0 Å². The first-order valence-corrected chi connectivity index (χ1v) is 13.9. The molecule has 1 N–H and O–H groups in total. The van der Waals surface area contributed by atoms with Gasteiger partial charge in [-0.25, -0.2) is 9.97 Å². The minimum absolute atomic E-state index is 0.332. The van der Waals surface area contributed by atoms with Gasteiger partial charge in [0.2, 0.25) is 5.88 Å². The highest BCUT2D eigenvalue weighted by Crippen LogP contribution is 2.32. The topological polar surface area (TPSA) is 83.3 Å². The normalized spacial score (nSPS) is 14.8. The minimum Gasteiger partial charge on any atom is -0.495 e. The Labute approximate surface area is 239 Å². The first-order valence-electron chi connectivity index (χ1n) is 13.9. The monoisotopic (exact) mass is 547 g/mol. The molecular weight excluding hydrogens is 514 g/mol. The van der Waals surface area contributed by atoms with Crippen molar-refractivity contribution in [1.82, 2.24) is 24.8 Å². The third kappa shape index (κ3) is 6.17. The number of ether oxygens (including phenoxy) is 3. The van der Waals surface area contributed by atoms with Crippen LogP contribution in [0.1, 0.15) is 25.0 Å². The standard InChI is InChI=1S/C21H19N3O.C12H14N2O2/c1-24-19-9-10-22-13-18(19)17-7-5-14(11-20(17)24)15-6-8-21(23-12-15)25-16-3-2-4-16;1-15-11-5-4-10(14-9-11)3-2-6-16-12-7-13-8-12/h5-13,16H,2-4H2,1H3;4-5,9,12-13H,6-8H2,1H3. The maximum atomic E-state index is 5.85. The van der Waals surface area contributed by atoms with Crippen LogP contribution in [0, 0.1) is 11.8 Å². The van der Waals surface area contributed by atoms with Gasteiger partial charge in [-0.3, -0.25) is 4.98 Å². The molecule has 208 valence electrons. The predicted octanol–water partition coefficient (Wildman–Crippen LogP) is 5.15. The highest BCUT2D eigenvalue weighted by Gasteiger charge is 2.19. The van der Waals surface area contributed by atoms with Gasteiger partial charge in [0.05, 0.1) is 24.9 Å². The summed E-state index contributed by atoms with van der Waals surface area (Å²) in [5, 5.41) is 5.55. The number of benzene rings is 1. The SMILES string of the molecule is COc1ccc(C#CCOC2CNC2)nc1.Cn1c2ccncc2c2ccc(-c3ccc(OC4CCC4)nc3)cc21. The van der Waals surface area contributed by atoms with Crippen molar-refractivity contribution >= 4 is 21.8 Å². The quantitative estimate of drug-likeness (QED) is 0.295. The van der Waals surface area contributed by atoms with Gasteiger partial charge in [0.15, 0.2) is 0 Å². The van der Waals surface area contributed by atoms with Crippen LogP contribution in [-0.2, 0) is 11.8 Å². The summed E-state index contributed by atoms with van der Waals surface area (Å²) < 4.78 is 18.5. The summed E-state index contributed by atoms with van der Waals surface area (Å²) >= 11 is 0. The van der Waals surface area contributed by atoms with E-state index in [9.17, 15) is 0 Å². The molecule has 2 aliphatic rings. The molecule has 5 heterocycles. The zero-order chi connectivity index (χ0) is 28.0. The Balaban J connectivity index is 0.000000164. The van der Waals surface area contributed by atoms with E-state index in [4.69, 9.17) is 14.2 Å². The van der Waals surface area contributed by atoms with Gasteiger partial charge in [-0.05, 0) is 61.1 Å². The van der Waals surface area contributed by atoms with Crippen molar-refractivity contribution in [3.8, 4) is 34.6 Å². The molecule has 0 bridgehead atoms. The molecule has 4 aromatic heterocycles. The van der Waals surface area contributed by atoms with E-state index in [1.165, 1.54) is 28.2 Å². The first-order chi connectivity index (χ1) is 20.2. The van der Waals surface area contributed by atoms with E-state index in [0.29, 0.717) is 18.8 Å². The average Bonchev–Trinajstić information content (AvgIpc) is 3.26. The minimum atomic E-state index is 0.332. The van der Waals surface area contributed by atoms with Crippen LogP contribution in [0.2, 0.25) is 0 Å². The van der Waals surface area contributed by atoms with Gasteiger partial charge in [0.25, 0.3) is 0 Å².